The molecule has 0 radical (unpaired) electrons. The summed E-state index contributed by atoms with van der Waals surface area (Å²) in [4.78, 5) is 0. The van der Waals surface area contributed by atoms with Crippen LogP contribution < -0.4 is 4.74 Å². The highest BCUT2D eigenvalue weighted by atomic mass is 16.5. The monoisotopic (exact) mass is 342 g/mol. The first-order valence-electron chi connectivity index (χ1n) is 9.30. The second-order valence-electron chi connectivity index (χ2n) is 6.62. The van der Waals surface area contributed by atoms with Crippen LogP contribution in [0.2, 0.25) is 0 Å². The largest absolute Gasteiger partial charge is 0.461 e. The molecule has 0 aromatic heterocycles. The van der Waals surface area contributed by atoms with E-state index >= 15 is 0 Å². The highest BCUT2D eigenvalue weighted by Gasteiger charge is 2.08. The summed E-state index contributed by atoms with van der Waals surface area (Å²) in [5.74, 6) is 1.97. The molecule has 0 unspecified atom stereocenters. The Morgan fingerprint density at radius 2 is 1.23 bits per heavy atom. The molecule has 0 fully saturated rings. The van der Waals surface area contributed by atoms with Crippen LogP contribution in [-0.2, 0) is 12.8 Å². The Hall–Kier alpha value is -2.80. The third-order valence-electron chi connectivity index (χ3n) is 4.53. The number of hydrogen-bond donors (Lipinski definition) is 0. The lowest BCUT2D eigenvalue weighted by Crippen LogP contribution is -2.04. The Labute approximate surface area is 157 Å². The first-order valence-corrected chi connectivity index (χ1v) is 9.30. The van der Waals surface area contributed by atoms with E-state index in [1.165, 1.54) is 16.7 Å². The molecule has 0 saturated heterocycles. The van der Waals surface area contributed by atoms with Crippen LogP contribution >= 0.6 is 0 Å². The minimum atomic E-state index is 0.826. The van der Waals surface area contributed by atoms with E-state index in [0.717, 1.165) is 37.2 Å². The van der Waals surface area contributed by atoms with Crippen molar-refractivity contribution in [2.24, 2.45) is 0 Å². The van der Waals surface area contributed by atoms with Gasteiger partial charge in [-0.25, -0.2) is 0 Å². The summed E-state index contributed by atoms with van der Waals surface area (Å²) in [5.41, 5.74) is 4.00. The molecule has 0 atom stereocenters. The van der Waals surface area contributed by atoms with Gasteiger partial charge in [0, 0.05) is 6.42 Å². The summed E-state index contributed by atoms with van der Waals surface area (Å²) in [5, 5.41) is 0. The van der Waals surface area contributed by atoms with E-state index in [9.17, 15) is 0 Å². The summed E-state index contributed by atoms with van der Waals surface area (Å²) in [6.45, 7) is 2.20. The van der Waals surface area contributed by atoms with Crippen LogP contribution in [0.1, 0.15) is 30.9 Å². The molecule has 3 rings (SSSR count). The summed E-state index contributed by atoms with van der Waals surface area (Å²) in [6.07, 6.45) is 4.10. The fourth-order valence-corrected chi connectivity index (χ4v) is 3.03. The van der Waals surface area contributed by atoms with E-state index in [1.807, 2.05) is 30.3 Å². The van der Waals surface area contributed by atoms with Crippen molar-refractivity contribution in [2.75, 3.05) is 0 Å². The maximum atomic E-state index is 6.26. The second-order valence-corrected chi connectivity index (χ2v) is 6.62. The van der Waals surface area contributed by atoms with Crippen LogP contribution in [0.4, 0.5) is 0 Å². The maximum absolute atomic E-state index is 6.26. The first-order chi connectivity index (χ1) is 12.8. The normalized spacial score (nSPS) is 11.7. The van der Waals surface area contributed by atoms with Gasteiger partial charge in [0.2, 0.25) is 0 Å². The topological polar surface area (TPSA) is 9.23 Å². The third-order valence-corrected chi connectivity index (χ3v) is 4.53. The second kappa shape index (κ2) is 9.62. The van der Waals surface area contributed by atoms with Gasteiger partial charge in [-0.15, -0.1) is 0 Å². The molecule has 1 nitrogen and oxygen atoms in total. The fourth-order valence-electron chi connectivity index (χ4n) is 3.03. The number of aryl methyl sites for hydroxylation is 1. The molecule has 0 bridgehead atoms. The Balaban J connectivity index is 1.70. The molecule has 1 heteroatoms. The molecule has 0 amide bonds. The van der Waals surface area contributed by atoms with E-state index < -0.39 is 0 Å². The molecule has 0 aliphatic heterocycles. The van der Waals surface area contributed by atoms with Crippen LogP contribution in [0.15, 0.2) is 102 Å². The Bertz CT molecular complexity index is 761. The molecule has 3 aromatic carbocycles. The number of allylic oxidation sites excluding steroid dienone is 2. The number of benzene rings is 3. The van der Waals surface area contributed by atoms with Crippen LogP contribution in [0, 0.1) is 0 Å². The Kier molecular flexibility index (Phi) is 6.66. The van der Waals surface area contributed by atoms with Crippen molar-refractivity contribution in [3.05, 3.63) is 113 Å². The van der Waals surface area contributed by atoms with Gasteiger partial charge >= 0.3 is 0 Å². The zero-order valence-electron chi connectivity index (χ0n) is 15.4. The van der Waals surface area contributed by atoms with Gasteiger partial charge in [0.25, 0.3) is 0 Å². The molecule has 0 spiro atoms. The lowest BCUT2D eigenvalue weighted by atomic mass is 10.0. The highest BCUT2D eigenvalue weighted by Crippen LogP contribution is 2.22. The molecule has 3 aromatic rings. The van der Waals surface area contributed by atoms with Gasteiger partial charge in [0.15, 0.2) is 0 Å². The number of para-hydroxylation sites is 1. The minimum absolute atomic E-state index is 0.826. The summed E-state index contributed by atoms with van der Waals surface area (Å²) >= 11 is 0. The third kappa shape index (κ3) is 5.63. The van der Waals surface area contributed by atoms with E-state index in [-0.39, 0.29) is 0 Å². The number of ether oxygens (including phenoxy) is 1. The van der Waals surface area contributed by atoms with Gasteiger partial charge in [-0.3, -0.25) is 0 Å². The smallest absolute Gasteiger partial charge is 0.126 e. The number of hydrogen-bond acceptors (Lipinski definition) is 1. The molecule has 0 N–H and O–H groups in total. The van der Waals surface area contributed by atoms with Gasteiger partial charge in [0.05, 0.1) is 0 Å². The van der Waals surface area contributed by atoms with Gasteiger partial charge in [-0.05, 0) is 55.0 Å². The average Bonchev–Trinajstić information content (AvgIpc) is 2.70. The first kappa shape index (κ1) is 18.0. The van der Waals surface area contributed by atoms with Crippen molar-refractivity contribution in [1.29, 1.82) is 0 Å². The number of rotatable bonds is 8. The summed E-state index contributed by atoms with van der Waals surface area (Å²) in [6, 6.07) is 31.3. The Morgan fingerprint density at radius 1 is 0.692 bits per heavy atom. The predicted molar refractivity (Wildman–Crippen MR) is 109 cm³/mol. The molecule has 132 valence electrons. The van der Waals surface area contributed by atoms with Gasteiger partial charge in [-0.2, -0.15) is 0 Å². The zero-order chi connectivity index (χ0) is 18.0. The summed E-state index contributed by atoms with van der Waals surface area (Å²) < 4.78 is 6.26. The fraction of sp³-hybridized carbons (Fsp3) is 0.200. The van der Waals surface area contributed by atoms with E-state index in [4.69, 9.17) is 4.74 Å². The highest BCUT2D eigenvalue weighted by molar-refractivity contribution is 5.28. The van der Waals surface area contributed by atoms with Crippen molar-refractivity contribution in [2.45, 2.75) is 32.6 Å². The van der Waals surface area contributed by atoms with Crippen molar-refractivity contribution < 1.29 is 4.74 Å². The molecule has 0 aliphatic rings. The van der Waals surface area contributed by atoms with E-state index in [0.29, 0.717) is 0 Å². The molecule has 0 saturated carbocycles. The predicted octanol–water partition coefficient (Wildman–Crippen LogP) is 6.61. The molecular formula is C25H26O. The molecular weight excluding hydrogens is 316 g/mol. The average molecular weight is 342 g/mol. The van der Waals surface area contributed by atoms with Crippen LogP contribution in [0.3, 0.4) is 0 Å². The van der Waals surface area contributed by atoms with E-state index in [2.05, 4.69) is 67.6 Å². The molecule has 26 heavy (non-hydrogen) atoms. The standard InChI is InChI=1S/C25H26O/c1-21(12-11-17-22-13-5-2-6-14-22)25(20-23-15-7-3-8-16-23)26-24-18-9-4-10-19-24/h2-10,13-16,18-19H,11-12,17,20H2,1H3. The lowest BCUT2D eigenvalue weighted by Gasteiger charge is -2.15. The lowest BCUT2D eigenvalue weighted by molar-refractivity contribution is 0.403. The van der Waals surface area contributed by atoms with Crippen molar-refractivity contribution in [3.8, 4) is 5.75 Å². The van der Waals surface area contributed by atoms with Gasteiger partial charge in [-0.1, -0.05) is 78.9 Å². The van der Waals surface area contributed by atoms with Crippen LogP contribution in [0.25, 0.3) is 0 Å². The van der Waals surface area contributed by atoms with Gasteiger partial charge < -0.3 is 4.74 Å². The Morgan fingerprint density at radius 3 is 1.85 bits per heavy atom. The van der Waals surface area contributed by atoms with Crippen molar-refractivity contribution in [3.63, 3.8) is 0 Å². The maximum Gasteiger partial charge on any atom is 0.126 e. The van der Waals surface area contributed by atoms with Gasteiger partial charge in [0.1, 0.15) is 11.5 Å². The minimum Gasteiger partial charge on any atom is -0.461 e. The van der Waals surface area contributed by atoms with Crippen molar-refractivity contribution >= 4 is 0 Å². The van der Waals surface area contributed by atoms with Crippen LogP contribution in [0.5, 0.6) is 5.75 Å². The van der Waals surface area contributed by atoms with E-state index in [1.54, 1.807) is 0 Å². The molecule has 0 aliphatic carbocycles. The van der Waals surface area contributed by atoms with Crippen LogP contribution in [-0.4, -0.2) is 0 Å². The summed E-state index contributed by atoms with van der Waals surface area (Å²) in [7, 11) is 0. The quantitative estimate of drug-likeness (QED) is 0.419. The van der Waals surface area contributed by atoms with Crippen molar-refractivity contribution in [1.82, 2.24) is 0 Å². The zero-order valence-corrected chi connectivity index (χ0v) is 15.4. The molecule has 0 heterocycles. The SMILES string of the molecule is CC(CCCc1ccccc1)=C(Cc1ccccc1)Oc1ccccc1.